The van der Waals surface area contributed by atoms with Gasteiger partial charge in [-0.05, 0) is 37.6 Å². The van der Waals surface area contributed by atoms with Gasteiger partial charge in [-0.1, -0.05) is 39.1 Å². The zero-order valence-electron chi connectivity index (χ0n) is 11.0. The topological polar surface area (TPSA) is 17.0 Å². The minimum absolute atomic E-state index is 0.615. The van der Waals surface area contributed by atoms with Gasteiger partial charge in [0, 0.05) is 29.5 Å². The second kappa shape index (κ2) is 5.78. The lowest BCUT2D eigenvalue weighted by Crippen LogP contribution is -2.02. The molecule has 0 aliphatic carbocycles. The lowest BCUT2D eigenvalue weighted by molar-refractivity contribution is 0.837. The smallest absolute Gasteiger partial charge is 0.0722 e. The van der Waals surface area contributed by atoms with E-state index in [9.17, 15) is 0 Å². The Kier molecular flexibility index (Phi) is 4.49. The van der Waals surface area contributed by atoms with Crippen molar-refractivity contribution in [3.05, 3.63) is 49.7 Å². The molecule has 1 heterocycles. The second-order valence-electron chi connectivity index (χ2n) is 4.55. The fraction of sp³-hybridized carbons (Fsp3) is 0.286. The molecule has 0 fully saturated rings. The second-order valence-corrected chi connectivity index (χ2v) is 6.28. The average molecular weight is 362 g/mol. The van der Waals surface area contributed by atoms with Gasteiger partial charge >= 0.3 is 0 Å². The predicted molar refractivity (Wildman–Crippen MR) is 86.4 cm³/mol. The third-order valence-corrected chi connectivity index (χ3v) is 4.40. The Bertz CT molecular complexity index is 597. The van der Waals surface area contributed by atoms with Crippen LogP contribution in [0.4, 0.5) is 5.69 Å². The minimum Gasteiger partial charge on any atom is -0.378 e. The van der Waals surface area contributed by atoms with Crippen LogP contribution in [0.5, 0.6) is 0 Å². The molecule has 2 nitrogen and oxygen atoms in total. The fourth-order valence-electron chi connectivity index (χ4n) is 2.01. The third kappa shape index (κ3) is 3.10. The molecule has 5 heteroatoms. The highest BCUT2D eigenvalue weighted by atomic mass is 79.9. The van der Waals surface area contributed by atoms with Gasteiger partial charge in [-0.25, -0.2) is 0 Å². The number of hydrogen-bond donors (Lipinski definition) is 1. The zero-order chi connectivity index (χ0) is 14.2. The molecule has 0 aliphatic heterocycles. The maximum atomic E-state index is 6.20. The minimum atomic E-state index is 0.615. The van der Waals surface area contributed by atoms with Crippen molar-refractivity contribution >= 4 is 44.8 Å². The lowest BCUT2D eigenvalue weighted by Gasteiger charge is -2.11. The summed E-state index contributed by atoms with van der Waals surface area (Å²) in [4.78, 5) is 0. The van der Waals surface area contributed by atoms with Gasteiger partial charge in [-0.2, -0.15) is 0 Å². The molecule has 0 unspecified atom stereocenters. The number of aryl methyl sites for hydroxylation is 1. The van der Waals surface area contributed by atoms with Crippen molar-refractivity contribution in [1.82, 2.24) is 4.57 Å². The van der Waals surface area contributed by atoms with Gasteiger partial charge in [-0.15, -0.1) is 0 Å². The molecule has 0 amide bonds. The number of nitrogens with one attached hydrogen (secondary N) is 1. The molecule has 0 atom stereocenters. The molecule has 102 valence electrons. The highest BCUT2D eigenvalue weighted by molar-refractivity contribution is 9.10. The first kappa shape index (κ1) is 14.8. The largest absolute Gasteiger partial charge is 0.378 e. The number of nitrogens with zero attached hydrogens (tertiary/aromatic N) is 1. The summed E-state index contributed by atoms with van der Waals surface area (Å²) in [5, 5.41) is 4.54. The van der Waals surface area contributed by atoms with Gasteiger partial charge < -0.3 is 9.88 Å². The van der Waals surface area contributed by atoms with E-state index in [1.54, 1.807) is 0 Å². The van der Waals surface area contributed by atoms with Crippen LogP contribution in [0.1, 0.15) is 17.0 Å². The summed E-state index contributed by atoms with van der Waals surface area (Å²) in [6.45, 7) is 4.90. The molecule has 0 saturated heterocycles. The molecule has 0 saturated carbocycles. The Morgan fingerprint density at radius 3 is 2.21 bits per heavy atom. The van der Waals surface area contributed by atoms with Gasteiger partial charge in [0.2, 0.25) is 0 Å². The van der Waals surface area contributed by atoms with Gasteiger partial charge in [0.1, 0.15) is 0 Å². The molecular formula is C14H15BrCl2N2. The van der Waals surface area contributed by atoms with Crippen LogP contribution in [0, 0.1) is 13.8 Å². The molecule has 1 aromatic heterocycles. The van der Waals surface area contributed by atoms with Crippen molar-refractivity contribution < 1.29 is 0 Å². The number of halogens is 3. The molecule has 1 N–H and O–H groups in total. The molecule has 0 aliphatic rings. The van der Waals surface area contributed by atoms with E-state index in [4.69, 9.17) is 23.2 Å². The van der Waals surface area contributed by atoms with Crippen molar-refractivity contribution in [2.45, 2.75) is 20.4 Å². The van der Waals surface area contributed by atoms with Gasteiger partial charge in [0.25, 0.3) is 0 Å². The Morgan fingerprint density at radius 1 is 1.16 bits per heavy atom. The lowest BCUT2D eigenvalue weighted by atomic mass is 10.2. The van der Waals surface area contributed by atoms with Gasteiger partial charge in [0.05, 0.1) is 15.7 Å². The maximum Gasteiger partial charge on any atom is 0.0722 e. The number of aromatic nitrogens is 1. The standard InChI is InChI=1S/C14H15BrCl2N2/c1-8-4-10(9(2)19(8)3)7-18-14-12(16)5-11(15)6-13(14)17/h4-6,18H,7H2,1-3H3. The van der Waals surface area contributed by atoms with E-state index in [1.165, 1.54) is 17.0 Å². The van der Waals surface area contributed by atoms with E-state index in [0.29, 0.717) is 16.6 Å². The highest BCUT2D eigenvalue weighted by Crippen LogP contribution is 2.34. The Morgan fingerprint density at radius 2 is 1.74 bits per heavy atom. The summed E-state index contributed by atoms with van der Waals surface area (Å²) in [7, 11) is 2.06. The van der Waals surface area contributed by atoms with E-state index < -0.39 is 0 Å². The van der Waals surface area contributed by atoms with Crippen LogP contribution >= 0.6 is 39.1 Å². The van der Waals surface area contributed by atoms with E-state index in [-0.39, 0.29) is 0 Å². The van der Waals surface area contributed by atoms with Gasteiger partial charge in [-0.3, -0.25) is 0 Å². The van der Waals surface area contributed by atoms with Crippen molar-refractivity contribution in [1.29, 1.82) is 0 Å². The first-order valence-electron chi connectivity index (χ1n) is 5.90. The van der Waals surface area contributed by atoms with E-state index in [1.807, 2.05) is 12.1 Å². The average Bonchev–Trinajstić information content (AvgIpc) is 2.55. The van der Waals surface area contributed by atoms with E-state index in [0.717, 1.165) is 10.2 Å². The summed E-state index contributed by atoms with van der Waals surface area (Å²) < 4.78 is 3.04. The monoisotopic (exact) mass is 360 g/mol. The van der Waals surface area contributed by atoms with Crippen LogP contribution in [0.2, 0.25) is 10.0 Å². The number of benzene rings is 1. The molecule has 0 spiro atoms. The first-order chi connectivity index (χ1) is 8.90. The number of anilines is 1. The quantitative estimate of drug-likeness (QED) is 0.782. The number of rotatable bonds is 3. The van der Waals surface area contributed by atoms with Crippen LogP contribution in [0.3, 0.4) is 0 Å². The predicted octanol–water partition coefficient (Wildman–Crippen LogP) is 5.32. The molecule has 1 aromatic carbocycles. The number of hydrogen-bond acceptors (Lipinski definition) is 1. The SMILES string of the molecule is Cc1cc(CNc2c(Cl)cc(Br)cc2Cl)c(C)n1C. The fourth-order valence-corrected chi connectivity index (χ4v) is 3.35. The first-order valence-corrected chi connectivity index (χ1v) is 7.45. The van der Waals surface area contributed by atoms with Crippen LogP contribution in [-0.4, -0.2) is 4.57 Å². The van der Waals surface area contributed by atoms with Crippen molar-refractivity contribution in [2.24, 2.45) is 7.05 Å². The molecular weight excluding hydrogens is 347 g/mol. The van der Waals surface area contributed by atoms with Crippen molar-refractivity contribution in [3.63, 3.8) is 0 Å². The summed E-state index contributed by atoms with van der Waals surface area (Å²) >= 11 is 15.8. The molecule has 2 aromatic rings. The zero-order valence-corrected chi connectivity index (χ0v) is 14.1. The summed E-state index contributed by atoms with van der Waals surface area (Å²) in [6, 6.07) is 5.83. The maximum absolute atomic E-state index is 6.20. The third-order valence-electron chi connectivity index (χ3n) is 3.34. The Hall–Kier alpha value is -0.640. The molecule has 0 radical (unpaired) electrons. The van der Waals surface area contributed by atoms with Crippen LogP contribution in [0.15, 0.2) is 22.7 Å². The van der Waals surface area contributed by atoms with Crippen molar-refractivity contribution in [2.75, 3.05) is 5.32 Å². The normalized spacial score (nSPS) is 10.8. The summed E-state index contributed by atoms with van der Waals surface area (Å²) in [5.41, 5.74) is 4.50. The van der Waals surface area contributed by atoms with Gasteiger partial charge in [0.15, 0.2) is 0 Å². The van der Waals surface area contributed by atoms with Crippen LogP contribution in [0.25, 0.3) is 0 Å². The highest BCUT2D eigenvalue weighted by Gasteiger charge is 2.10. The van der Waals surface area contributed by atoms with E-state index in [2.05, 4.69) is 52.8 Å². The Labute approximate surface area is 131 Å². The summed E-state index contributed by atoms with van der Waals surface area (Å²) in [5.74, 6) is 0. The van der Waals surface area contributed by atoms with Crippen molar-refractivity contribution in [3.8, 4) is 0 Å². The summed E-state index contributed by atoms with van der Waals surface area (Å²) in [6.07, 6.45) is 0. The molecule has 19 heavy (non-hydrogen) atoms. The van der Waals surface area contributed by atoms with Crippen LogP contribution in [-0.2, 0) is 13.6 Å². The molecule has 2 rings (SSSR count). The van der Waals surface area contributed by atoms with E-state index >= 15 is 0 Å². The Balaban J connectivity index is 2.21. The van der Waals surface area contributed by atoms with Crippen LogP contribution < -0.4 is 5.32 Å². The molecule has 0 bridgehead atoms.